The van der Waals surface area contributed by atoms with Crippen LogP contribution >= 0.6 is 0 Å². The highest BCUT2D eigenvalue weighted by Crippen LogP contribution is 2.42. The van der Waals surface area contributed by atoms with E-state index in [-0.39, 0.29) is 5.54 Å². The van der Waals surface area contributed by atoms with Gasteiger partial charge in [0.2, 0.25) is 0 Å². The number of hydrogen-bond donors (Lipinski definition) is 1. The molecule has 0 aromatic carbocycles. The zero-order valence-corrected chi connectivity index (χ0v) is 11.9. The van der Waals surface area contributed by atoms with Gasteiger partial charge in [-0.05, 0) is 46.5 Å². The lowest BCUT2D eigenvalue weighted by Gasteiger charge is -2.51. The fourth-order valence-corrected chi connectivity index (χ4v) is 2.89. The average molecular weight is 240 g/mol. The molecule has 0 bridgehead atoms. The Morgan fingerprint density at radius 2 is 2.00 bits per heavy atom. The second kappa shape index (κ2) is 4.87. The molecule has 1 atom stereocenters. The molecule has 0 radical (unpaired) electrons. The number of ether oxygens (including phenoxy) is 1. The fourth-order valence-electron chi connectivity index (χ4n) is 2.89. The minimum atomic E-state index is 0.255. The third kappa shape index (κ3) is 3.01. The molecule has 0 spiro atoms. The molecule has 3 nitrogen and oxygen atoms in total. The number of hydrogen-bond acceptors (Lipinski definition) is 3. The maximum absolute atomic E-state index is 5.51. The van der Waals surface area contributed by atoms with Gasteiger partial charge in [-0.25, -0.2) is 0 Å². The van der Waals surface area contributed by atoms with E-state index in [1.54, 1.807) is 0 Å². The van der Waals surface area contributed by atoms with Crippen LogP contribution in [0, 0.1) is 5.92 Å². The van der Waals surface area contributed by atoms with Gasteiger partial charge in [0.05, 0.1) is 6.61 Å². The number of nitrogens with one attached hydrogen (secondary N) is 1. The molecule has 0 amide bonds. The molecule has 1 unspecified atom stereocenters. The Balaban J connectivity index is 1.94. The summed E-state index contributed by atoms with van der Waals surface area (Å²) in [6.07, 6.45) is 2.81. The smallest absolute Gasteiger partial charge is 0.0593 e. The molecule has 0 aromatic heterocycles. The lowest BCUT2D eigenvalue weighted by atomic mass is 9.86. The van der Waals surface area contributed by atoms with E-state index >= 15 is 0 Å². The second-order valence-electron chi connectivity index (χ2n) is 6.48. The zero-order chi connectivity index (χ0) is 12.5. The Labute approximate surface area is 106 Å². The van der Waals surface area contributed by atoms with Crippen molar-refractivity contribution in [3.63, 3.8) is 0 Å². The van der Waals surface area contributed by atoms with Gasteiger partial charge in [-0.3, -0.25) is 4.90 Å². The summed E-state index contributed by atoms with van der Waals surface area (Å²) in [7, 11) is 0. The molecule has 1 aliphatic heterocycles. The SMILES string of the molecule is CCOCCN1CC(C)(C2CC2)NCC1(C)C. The molecular weight excluding hydrogens is 212 g/mol. The molecule has 2 rings (SSSR count). The summed E-state index contributed by atoms with van der Waals surface area (Å²) in [6, 6.07) is 0. The van der Waals surface area contributed by atoms with Crippen molar-refractivity contribution in [3.8, 4) is 0 Å². The van der Waals surface area contributed by atoms with E-state index in [4.69, 9.17) is 4.74 Å². The first-order valence-corrected chi connectivity index (χ1v) is 7.06. The highest BCUT2D eigenvalue weighted by atomic mass is 16.5. The van der Waals surface area contributed by atoms with Gasteiger partial charge in [-0.2, -0.15) is 0 Å². The molecule has 3 heteroatoms. The van der Waals surface area contributed by atoms with E-state index in [2.05, 4.69) is 37.9 Å². The summed E-state index contributed by atoms with van der Waals surface area (Å²) in [6.45, 7) is 14.1. The summed E-state index contributed by atoms with van der Waals surface area (Å²) in [5, 5.41) is 3.79. The number of piperazine rings is 1. The molecule has 1 saturated carbocycles. The van der Waals surface area contributed by atoms with Crippen molar-refractivity contribution in [1.82, 2.24) is 10.2 Å². The minimum Gasteiger partial charge on any atom is -0.380 e. The van der Waals surface area contributed by atoms with Crippen LogP contribution in [0.15, 0.2) is 0 Å². The molecule has 2 fully saturated rings. The van der Waals surface area contributed by atoms with E-state index in [0.29, 0.717) is 5.54 Å². The Morgan fingerprint density at radius 3 is 2.59 bits per heavy atom. The van der Waals surface area contributed by atoms with Gasteiger partial charge in [-0.1, -0.05) is 0 Å². The standard InChI is InChI=1S/C14H28N2O/c1-5-17-9-8-16-11-14(4,12-6-7-12)15-10-13(16,2)3/h12,15H,5-11H2,1-4H3. The van der Waals surface area contributed by atoms with Crippen LogP contribution in [0.5, 0.6) is 0 Å². The molecule has 2 aliphatic rings. The maximum Gasteiger partial charge on any atom is 0.0593 e. The third-order valence-corrected chi connectivity index (χ3v) is 4.49. The summed E-state index contributed by atoms with van der Waals surface area (Å²) < 4.78 is 5.51. The quantitative estimate of drug-likeness (QED) is 0.743. The third-order valence-electron chi connectivity index (χ3n) is 4.49. The van der Waals surface area contributed by atoms with Crippen LogP contribution in [-0.2, 0) is 4.74 Å². The Hall–Kier alpha value is -0.120. The van der Waals surface area contributed by atoms with Crippen LogP contribution in [0.1, 0.15) is 40.5 Å². The number of rotatable bonds is 5. The van der Waals surface area contributed by atoms with Crippen LogP contribution in [0.3, 0.4) is 0 Å². The normalized spacial score (nSPS) is 33.9. The van der Waals surface area contributed by atoms with Crippen LogP contribution in [0.4, 0.5) is 0 Å². The van der Waals surface area contributed by atoms with Crippen LogP contribution in [0.25, 0.3) is 0 Å². The molecule has 100 valence electrons. The number of nitrogens with zero attached hydrogens (tertiary/aromatic N) is 1. The van der Waals surface area contributed by atoms with Gasteiger partial charge in [0.25, 0.3) is 0 Å². The topological polar surface area (TPSA) is 24.5 Å². The van der Waals surface area contributed by atoms with Gasteiger partial charge < -0.3 is 10.1 Å². The van der Waals surface area contributed by atoms with Crippen molar-refractivity contribution in [3.05, 3.63) is 0 Å². The molecule has 1 aliphatic carbocycles. The monoisotopic (exact) mass is 240 g/mol. The van der Waals surface area contributed by atoms with Gasteiger partial charge in [0.1, 0.15) is 0 Å². The van der Waals surface area contributed by atoms with E-state index in [1.807, 2.05) is 0 Å². The van der Waals surface area contributed by atoms with E-state index in [0.717, 1.165) is 38.8 Å². The first kappa shape index (κ1) is 13.3. The Morgan fingerprint density at radius 1 is 1.29 bits per heavy atom. The van der Waals surface area contributed by atoms with Crippen molar-refractivity contribution < 1.29 is 4.74 Å². The van der Waals surface area contributed by atoms with Gasteiger partial charge >= 0.3 is 0 Å². The summed E-state index contributed by atoms with van der Waals surface area (Å²) >= 11 is 0. The lowest BCUT2D eigenvalue weighted by Crippen LogP contribution is -2.68. The van der Waals surface area contributed by atoms with Crippen molar-refractivity contribution in [2.45, 2.75) is 51.6 Å². The van der Waals surface area contributed by atoms with Crippen LogP contribution < -0.4 is 5.32 Å². The molecular formula is C14H28N2O. The maximum atomic E-state index is 5.51. The van der Waals surface area contributed by atoms with Gasteiger partial charge in [-0.15, -0.1) is 0 Å². The van der Waals surface area contributed by atoms with E-state index < -0.39 is 0 Å². The van der Waals surface area contributed by atoms with Crippen LogP contribution in [-0.4, -0.2) is 48.8 Å². The van der Waals surface area contributed by atoms with Crippen molar-refractivity contribution in [2.75, 3.05) is 32.8 Å². The summed E-state index contributed by atoms with van der Waals surface area (Å²) in [5.74, 6) is 0.896. The van der Waals surface area contributed by atoms with E-state index in [9.17, 15) is 0 Å². The van der Waals surface area contributed by atoms with Crippen LogP contribution in [0.2, 0.25) is 0 Å². The molecule has 1 saturated heterocycles. The largest absolute Gasteiger partial charge is 0.380 e. The van der Waals surface area contributed by atoms with Crippen molar-refractivity contribution in [2.24, 2.45) is 5.92 Å². The van der Waals surface area contributed by atoms with Gasteiger partial charge in [0.15, 0.2) is 0 Å². The first-order valence-electron chi connectivity index (χ1n) is 7.06. The Kier molecular flexibility index (Phi) is 3.81. The first-order chi connectivity index (χ1) is 7.98. The fraction of sp³-hybridized carbons (Fsp3) is 1.00. The van der Waals surface area contributed by atoms with Crippen molar-refractivity contribution in [1.29, 1.82) is 0 Å². The molecule has 1 heterocycles. The second-order valence-corrected chi connectivity index (χ2v) is 6.48. The summed E-state index contributed by atoms with van der Waals surface area (Å²) in [5.41, 5.74) is 0.591. The Bertz CT molecular complexity index is 263. The highest BCUT2D eigenvalue weighted by molar-refractivity contribution is 5.06. The average Bonchev–Trinajstić information content (AvgIpc) is 3.08. The molecule has 17 heavy (non-hydrogen) atoms. The predicted octanol–water partition coefficient (Wildman–Crippen LogP) is 1.88. The van der Waals surface area contributed by atoms with Crippen molar-refractivity contribution >= 4 is 0 Å². The lowest BCUT2D eigenvalue weighted by molar-refractivity contribution is 0.00197. The summed E-state index contributed by atoms with van der Waals surface area (Å²) in [4.78, 5) is 2.61. The molecule has 1 N–H and O–H groups in total. The van der Waals surface area contributed by atoms with Gasteiger partial charge in [0, 0.05) is 37.3 Å². The highest BCUT2D eigenvalue weighted by Gasteiger charge is 2.47. The minimum absolute atomic E-state index is 0.255. The predicted molar refractivity (Wildman–Crippen MR) is 71.3 cm³/mol. The zero-order valence-electron chi connectivity index (χ0n) is 11.9. The molecule has 0 aromatic rings. The van der Waals surface area contributed by atoms with E-state index in [1.165, 1.54) is 12.8 Å².